The van der Waals surface area contributed by atoms with E-state index in [9.17, 15) is 0 Å². The van der Waals surface area contributed by atoms with Crippen molar-refractivity contribution in [1.29, 1.82) is 0 Å². The van der Waals surface area contributed by atoms with Crippen LogP contribution in [0.3, 0.4) is 0 Å². The highest BCUT2D eigenvalue weighted by Gasteiger charge is 2.15. The minimum absolute atomic E-state index is 1.11. The van der Waals surface area contributed by atoms with Gasteiger partial charge in [-0.25, -0.2) is 0 Å². The van der Waals surface area contributed by atoms with Crippen molar-refractivity contribution in [2.75, 3.05) is 4.90 Å². The van der Waals surface area contributed by atoms with Gasteiger partial charge in [-0.05, 0) is 127 Å². The summed E-state index contributed by atoms with van der Waals surface area (Å²) in [5.41, 5.74) is 19.2. The van der Waals surface area contributed by atoms with Gasteiger partial charge in [0.25, 0.3) is 0 Å². The van der Waals surface area contributed by atoms with Crippen LogP contribution in [0.5, 0.6) is 0 Å². The number of anilines is 3. The predicted molar refractivity (Wildman–Crippen MR) is 256 cm³/mol. The first-order valence-corrected chi connectivity index (χ1v) is 20.7. The summed E-state index contributed by atoms with van der Waals surface area (Å²) in [7, 11) is 0. The lowest BCUT2D eigenvalue weighted by Crippen LogP contribution is -2.09. The summed E-state index contributed by atoms with van der Waals surface area (Å²) >= 11 is 0. The molecule has 0 aliphatic rings. The Morgan fingerprint density at radius 3 is 1.15 bits per heavy atom. The Hall–Kier alpha value is -7.74. The van der Waals surface area contributed by atoms with Gasteiger partial charge in [0.05, 0.1) is 0 Å². The van der Waals surface area contributed by atoms with E-state index in [4.69, 9.17) is 0 Å². The van der Waals surface area contributed by atoms with Crippen molar-refractivity contribution < 1.29 is 0 Å². The number of fused-ring (bicyclic) bond motifs is 1. The molecule has 0 spiro atoms. The first kappa shape index (κ1) is 36.6. The van der Waals surface area contributed by atoms with E-state index in [1.54, 1.807) is 0 Å². The van der Waals surface area contributed by atoms with Crippen LogP contribution < -0.4 is 4.90 Å². The fourth-order valence-corrected chi connectivity index (χ4v) is 8.50. The molecule has 0 unspecified atom stereocenters. The topological polar surface area (TPSA) is 3.24 Å². The number of benzene rings is 10. The summed E-state index contributed by atoms with van der Waals surface area (Å²) in [4.78, 5) is 2.34. The lowest BCUT2D eigenvalue weighted by molar-refractivity contribution is 1.27. The van der Waals surface area contributed by atoms with Crippen LogP contribution in [0.1, 0.15) is 5.56 Å². The van der Waals surface area contributed by atoms with Gasteiger partial charge in [-0.3, -0.25) is 0 Å². The minimum Gasteiger partial charge on any atom is -0.311 e. The molecule has 0 amide bonds. The first-order valence-electron chi connectivity index (χ1n) is 20.7. The van der Waals surface area contributed by atoms with Crippen LogP contribution in [0, 0.1) is 6.92 Å². The van der Waals surface area contributed by atoms with Crippen LogP contribution >= 0.6 is 0 Å². The summed E-state index contributed by atoms with van der Waals surface area (Å²) < 4.78 is 0. The van der Waals surface area contributed by atoms with Crippen molar-refractivity contribution in [2.24, 2.45) is 0 Å². The SMILES string of the molecule is Cc1ccc(N(c2ccc(-c3ccc(-c4cccc5cccc(-c6ccccc6)c45)cc3)cc2)c2ccc(-c3cccc(-c4ccccc4-c4ccccc4)c3)cc2)cc1. The molecule has 1 heteroatoms. The highest BCUT2D eigenvalue weighted by molar-refractivity contribution is 6.06. The van der Waals surface area contributed by atoms with Crippen molar-refractivity contribution >= 4 is 27.8 Å². The predicted octanol–water partition coefficient (Wildman–Crippen LogP) is 16.6. The number of hydrogen-bond donors (Lipinski definition) is 0. The van der Waals surface area contributed by atoms with Crippen LogP contribution in [0.15, 0.2) is 243 Å². The molecule has 0 aliphatic carbocycles. The van der Waals surface area contributed by atoms with Gasteiger partial charge in [-0.1, -0.05) is 206 Å². The maximum Gasteiger partial charge on any atom is 0.0462 e. The van der Waals surface area contributed by atoms with Gasteiger partial charge < -0.3 is 4.90 Å². The van der Waals surface area contributed by atoms with Crippen LogP contribution in [-0.2, 0) is 0 Å². The molecule has 0 radical (unpaired) electrons. The van der Waals surface area contributed by atoms with E-state index in [0.29, 0.717) is 0 Å². The summed E-state index contributed by atoms with van der Waals surface area (Å²) in [5, 5.41) is 2.53. The van der Waals surface area contributed by atoms with E-state index < -0.39 is 0 Å². The van der Waals surface area contributed by atoms with E-state index in [-0.39, 0.29) is 0 Å². The van der Waals surface area contributed by atoms with E-state index in [1.807, 2.05) is 0 Å². The van der Waals surface area contributed by atoms with Crippen molar-refractivity contribution in [3.8, 4) is 66.8 Å². The Labute approximate surface area is 353 Å². The third-order valence-electron chi connectivity index (χ3n) is 11.6. The van der Waals surface area contributed by atoms with Crippen LogP contribution in [0.2, 0.25) is 0 Å². The molecule has 284 valence electrons. The lowest BCUT2D eigenvalue weighted by atomic mass is 9.91. The van der Waals surface area contributed by atoms with Gasteiger partial charge in [0.2, 0.25) is 0 Å². The third-order valence-corrected chi connectivity index (χ3v) is 11.6. The summed E-state index contributed by atoms with van der Waals surface area (Å²) in [6.07, 6.45) is 0. The summed E-state index contributed by atoms with van der Waals surface area (Å²) in [6, 6.07) is 87.8. The van der Waals surface area contributed by atoms with Gasteiger partial charge in [0.1, 0.15) is 0 Å². The van der Waals surface area contributed by atoms with Crippen LogP contribution in [0.25, 0.3) is 77.5 Å². The molecule has 0 saturated carbocycles. The molecule has 10 rings (SSSR count). The first-order chi connectivity index (χ1) is 29.7. The Balaban J connectivity index is 0.942. The van der Waals surface area contributed by atoms with Gasteiger partial charge in [-0.2, -0.15) is 0 Å². The molecule has 0 saturated heterocycles. The zero-order valence-corrected chi connectivity index (χ0v) is 33.5. The van der Waals surface area contributed by atoms with Crippen LogP contribution in [-0.4, -0.2) is 0 Å². The largest absolute Gasteiger partial charge is 0.311 e. The number of rotatable bonds is 9. The van der Waals surface area contributed by atoms with Gasteiger partial charge in [0.15, 0.2) is 0 Å². The average Bonchev–Trinajstić information content (AvgIpc) is 3.33. The van der Waals surface area contributed by atoms with E-state index in [1.165, 1.54) is 83.1 Å². The van der Waals surface area contributed by atoms with Gasteiger partial charge in [-0.15, -0.1) is 0 Å². The molecule has 0 bridgehead atoms. The Morgan fingerprint density at radius 2 is 0.600 bits per heavy atom. The molecule has 60 heavy (non-hydrogen) atoms. The Kier molecular flexibility index (Phi) is 9.91. The number of hydrogen-bond acceptors (Lipinski definition) is 1. The second-order valence-electron chi connectivity index (χ2n) is 15.4. The molecule has 0 atom stereocenters. The number of nitrogens with zero attached hydrogens (tertiary/aromatic N) is 1. The molecule has 0 aromatic heterocycles. The van der Waals surface area contributed by atoms with Gasteiger partial charge >= 0.3 is 0 Å². The molecule has 0 aliphatic heterocycles. The fourth-order valence-electron chi connectivity index (χ4n) is 8.50. The van der Waals surface area contributed by atoms with Crippen molar-refractivity contribution in [3.63, 3.8) is 0 Å². The normalized spacial score (nSPS) is 11.1. The van der Waals surface area contributed by atoms with E-state index >= 15 is 0 Å². The molecule has 1 nitrogen and oxygen atoms in total. The molecule has 10 aromatic carbocycles. The summed E-state index contributed by atoms with van der Waals surface area (Å²) in [5.74, 6) is 0. The third kappa shape index (κ3) is 7.30. The molecule has 0 fully saturated rings. The zero-order chi connectivity index (χ0) is 40.3. The second-order valence-corrected chi connectivity index (χ2v) is 15.4. The quantitative estimate of drug-likeness (QED) is 0.141. The van der Waals surface area contributed by atoms with Crippen molar-refractivity contribution in [2.45, 2.75) is 6.92 Å². The van der Waals surface area contributed by atoms with Gasteiger partial charge in [0, 0.05) is 17.1 Å². The van der Waals surface area contributed by atoms with Crippen molar-refractivity contribution in [1.82, 2.24) is 0 Å². The Bertz CT molecular complexity index is 3030. The standard InChI is InChI=1S/C59H43N/c1-42-25-35-52(36-26-42)60(54-39-33-45(34-40-54)50-19-10-20-51(41-50)56-22-9-8-21-55(56)46-13-4-2-5-14-46)53-37-31-44(32-38-53)43-27-29-48(30-28-43)58-24-12-18-49-17-11-23-57(59(49)58)47-15-6-3-7-16-47/h2-41H,1H3. The Morgan fingerprint density at radius 1 is 0.250 bits per heavy atom. The molecule has 0 N–H and O–H groups in total. The maximum atomic E-state index is 2.34. The second kappa shape index (κ2) is 16.3. The molecule has 0 heterocycles. The molecule has 10 aromatic rings. The molecular weight excluding hydrogens is 723 g/mol. The number of aryl methyl sites for hydroxylation is 1. The van der Waals surface area contributed by atoms with Crippen molar-refractivity contribution in [3.05, 3.63) is 248 Å². The highest BCUT2D eigenvalue weighted by Crippen LogP contribution is 2.40. The minimum atomic E-state index is 1.11. The molecular formula is C59H43N. The zero-order valence-electron chi connectivity index (χ0n) is 33.5. The fraction of sp³-hybridized carbons (Fsp3) is 0.0169. The smallest absolute Gasteiger partial charge is 0.0462 e. The highest BCUT2D eigenvalue weighted by atomic mass is 15.1. The maximum absolute atomic E-state index is 2.34. The monoisotopic (exact) mass is 765 g/mol. The summed E-state index contributed by atoms with van der Waals surface area (Å²) in [6.45, 7) is 2.14. The van der Waals surface area contributed by atoms with E-state index in [0.717, 1.165) is 17.1 Å². The average molecular weight is 766 g/mol. The van der Waals surface area contributed by atoms with E-state index in [2.05, 4.69) is 254 Å². The lowest BCUT2D eigenvalue weighted by Gasteiger charge is -2.26. The van der Waals surface area contributed by atoms with Crippen LogP contribution in [0.4, 0.5) is 17.1 Å².